The van der Waals surface area contributed by atoms with E-state index in [1.807, 2.05) is 5.01 Å². The predicted octanol–water partition coefficient (Wildman–Crippen LogP) is 1.48. The molecule has 0 bridgehead atoms. The van der Waals surface area contributed by atoms with Crippen molar-refractivity contribution in [3.05, 3.63) is 35.4 Å². The normalized spacial score (nSPS) is 23.7. The van der Waals surface area contributed by atoms with Crippen molar-refractivity contribution in [3.63, 3.8) is 0 Å². The molecule has 2 nitrogen and oxygen atoms in total. The largest absolute Gasteiger partial charge is 0.268 e. The van der Waals surface area contributed by atoms with Crippen LogP contribution in [-0.2, 0) is 6.42 Å². The molecular weight excluding hydrogens is 148 g/mol. The van der Waals surface area contributed by atoms with Gasteiger partial charge in [0.15, 0.2) is 0 Å². The highest BCUT2D eigenvalue weighted by Gasteiger charge is 2.19. The number of hydrogen-bond acceptors (Lipinski definition) is 2. The lowest BCUT2D eigenvalue weighted by Crippen LogP contribution is -2.39. The minimum Gasteiger partial charge on any atom is -0.268 e. The molecule has 0 spiro atoms. The minimum absolute atomic E-state index is 0.370. The van der Waals surface area contributed by atoms with Crippen LogP contribution in [0.2, 0.25) is 0 Å². The van der Waals surface area contributed by atoms with Crippen molar-refractivity contribution in [2.75, 3.05) is 6.54 Å². The van der Waals surface area contributed by atoms with Crippen LogP contribution in [-0.4, -0.2) is 11.6 Å². The summed E-state index contributed by atoms with van der Waals surface area (Å²) in [5.41, 5.74) is 2.83. The van der Waals surface area contributed by atoms with Crippen LogP contribution in [0.25, 0.3) is 0 Å². The third-order valence-electron chi connectivity index (χ3n) is 2.64. The number of nitrogens with two attached hydrogens (primary N) is 1. The number of hydrazine groups is 1. The summed E-state index contributed by atoms with van der Waals surface area (Å²) in [5, 5.41) is 1.91. The quantitative estimate of drug-likeness (QED) is 0.585. The summed E-state index contributed by atoms with van der Waals surface area (Å²) in [6.45, 7) is 3.12. The molecule has 0 aliphatic carbocycles. The van der Waals surface area contributed by atoms with Gasteiger partial charge in [0.25, 0.3) is 0 Å². The topological polar surface area (TPSA) is 29.3 Å². The second-order valence-electron chi connectivity index (χ2n) is 3.36. The van der Waals surface area contributed by atoms with Crippen LogP contribution in [0.4, 0.5) is 0 Å². The summed E-state index contributed by atoms with van der Waals surface area (Å²) < 4.78 is 0. The molecule has 1 aliphatic heterocycles. The van der Waals surface area contributed by atoms with Gasteiger partial charge in [0.05, 0.1) is 0 Å². The zero-order chi connectivity index (χ0) is 8.55. The molecule has 0 saturated heterocycles. The van der Waals surface area contributed by atoms with Gasteiger partial charge in [-0.05, 0) is 24.5 Å². The molecule has 1 aliphatic rings. The summed E-state index contributed by atoms with van der Waals surface area (Å²) in [6.07, 6.45) is 1.08. The molecule has 1 unspecified atom stereocenters. The molecule has 0 aromatic heterocycles. The molecule has 0 fully saturated rings. The number of nitrogens with zero attached hydrogens (tertiary/aromatic N) is 1. The number of benzene rings is 1. The van der Waals surface area contributed by atoms with Crippen molar-refractivity contribution in [2.45, 2.75) is 19.4 Å². The summed E-state index contributed by atoms with van der Waals surface area (Å²) in [7, 11) is 0. The van der Waals surface area contributed by atoms with Gasteiger partial charge in [-0.2, -0.15) is 0 Å². The smallest absolute Gasteiger partial charge is 0.0465 e. The average Bonchev–Trinajstić information content (AvgIpc) is 2.12. The van der Waals surface area contributed by atoms with Gasteiger partial charge in [0.1, 0.15) is 0 Å². The molecule has 12 heavy (non-hydrogen) atoms. The fraction of sp³-hybridized carbons (Fsp3) is 0.400. The Labute approximate surface area is 73.0 Å². The summed E-state index contributed by atoms with van der Waals surface area (Å²) in [5.74, 6) is 5.83. The lowest BCUT2D eigenvalue weighted by atomic mass is 9.95. The first-order valence-electron chi connectivity index (χ1n) is 4.38. The fourth-order valence-corrected chi connectivity index (χ4v) is 1.79. The zero-order valence-corrected chi connectivity index (χ0v) is 7.33. The first kappa shape index (κ1) is 7.77. The Morgan fingerprint density at radius 2 is 2.17 bits per heavy atom. The predicted molar refractivity (Wildman–Crippen MR) is 49.5 cm³/mol. The lowest BCUT2D eigenvalue weighted by molar-refractivity contribution is 0.204. The zero-order valence-electron chi connectivity index (χ0n) is 7.33. The van der Waals surface area contributed by atoms with Gasteiger partial charge in [0, 0.05) is 12.6 Å². The van der Waals surface area contributed by atoms with Gasteiger partial charge in [-0.25, -0.2) is 5.01 Å². The minimum atomic E-state index is 0.370. The van der Waals surface area contributed by atoms with Gasteiger partial charge in [0.2, 0.25) is 0 Å². The van der Waals surface area contributed by atoms with Crippen molar-refractivity contribution in [3.8, 4) is 0 Å². The van der Waals surface area contributed by atoms with Crippen molar-refractivity contribution < 1.29 is 0 Å². The molecule has 0 amide bonds. The van der Waals surface area contributed by atoms with Crippen molar-refractivity contribution in [2.24, 2.45) is 5.84 Å². The van der Waals surface area contributed by atoms with Gasteiger partial charge >= 0.3 is 0 Å². The molecule has 1 aromatic carbocycles. The maximum Gasteiger partial charge on any atom is 0.0465 e. The highest BCUT2D eigenvalue weighted by molar-refractivity contribution is 5.31. The molecule has 1 atom stereocenters. The van der Waals surface area contributed by atoms with Crippen LogP contribution in [0.1, 0.15) is 24.1 Å². The van der Waals surface area contributed by atoms with Crippen LogP contribution in [0.5, 0.6) is 0 Å². The van der Waals surface area contributed by atoms with Crippen molar-refractivity contribution in [1.29, 1.82) is 0 Å². The molecule has 0 saturated carbocycles. The highest BCUT2D eigenvalue weighted by atomic mass is 15.4. The van der Waals surface area contributed by atoms with E-state index in [9.17, 15) is 0 Å². The Morgan fingerprint density at radius 1 is 1.42 bits per heavy atom. The van der Waals surface area contributed by atoms with E-state index in [2.05, 4.69) is 31.2 Å². The monoisotopic (exact) mass is 162 g/mol. The highest BCUT2D eigenvalue weighted by Crippen LogP contribution is 2.26. The molecule has 2 rings (SSSR count). The van der Waals surface area contributed by atoms with Crippen LogP contribution in [0.15, 0.2) is 24.3 Å². The average molecular weight is 162 g/mol. The standard InChI is InChI=1S/C10H14N2/c1-8-10-5-3-2-4-9(10)6-7-12(8)11/h2-5,8H,6-7,11H2,1H3. The van der Waals surface area contributed by atoms with Gasteiger partial charge < -0.3 is 0 Å². The first-order valence-corrected chi connectivity index (χ1v) is 4.38. The Kier molecular flexibility index (Phi) is 1.87. The molecule has 1 aromatic rings. The van der Waals surface area contributed by atoms with E-state index in [1.54, 1.807) is 0 Å². The van der Waals surface area contributed by atoms with Crippen LogP contribution >= 0.6 is 0 Å². The third kappa shape index (κ3) is 1.13. The van der Waals surface area contributed by atoms with Crippen LogP contribution in [0.3, 0.4) is 0 Å². The Morgan fingerprint density at radius 3 is 3.00 bits per heavy atom. The summed E-state index contributed by atoms with van der Waals surface area (Å²) >= 11 is 0. The molecular formula is C10H14N2. The van der Waals surface area contributed by atoms with Crippen LogP contribution in [0, 0.1) is 0 Å². The second-order valence-corrected chi connectivity index (χ2v) is 3.36. The van der Waals surface area contributed by atoms with E-state index >= 15 is 0 Å². The summed E-state index contributed by atoms with van der Waals surface area (Å²) in [6, 6.07) is 8.90. The lowest BCUT2D eigenvalue weighted by Gasteiger charge is -2.31. The van der Waals surface area contributed by atoms with E-state index in [-0.39, 0.29) is 0 Å². The molecule has 2 heteroatoms. The van der Waals surface area contributed by atoms with E-state index in [4.69, 9.17) is 5.84 Å². The Bertz CT molecular complexity index is 283. The van der Waals surface area contributed by atoms with E-state index in [0.717, 1.165) is 13.0 Å². The fourth-order valence-electron chi connectivity index (χ4n) is 1.79. The molecule has 1 heterocycles. The number of fused-ring (bicyclic) bond motifs is 1. The molecule has 0 radical (unpaired) electrons. The number of hydrogen-bond donors (Lipinski definition) is 1. The maximum atomic E-state index is 5.83. The van der Waals surface area contributed by atoms with Crippen molar-refractivity contribution >= 4 is 0 Å². The Balaban J connectivity index is 2.42. The van der Waals surface area contributed by atoms with E-state index in [1.165, 1.54) is 11.1 Å². The second kappa shape index (κ2) is 2.88. The van der Waals surface area contributed by atoms with Gasteiger partial charge in [-0.1, -0.05) is 24.3 Å². The van der Waals surface area contributed by atoms with Crippen LogP contribution < -0.4 is 5.84 Å². The number of rotatable bonds is 0. The SMILES string of the molecule is CC1c2ccccc2CCN1N. The van der Waals surface area contributed by atoms with E-state index < -0.39 is 0 Å². The molecule has 2 N–H and O–H groups in total. The van der Waals surface area contributed by atoms with Crippen molar-refractivity contribution in [1.82, 2.24) is 5.01 Å². The Hall–Kier alpha value is -0.860. The molecule has 64 valence electrons. The maximum absolute atomic E-state index is 5.83. The van der Waals surface area contributed by atoms with E-state index in [0.29, 0.717) is 6.04 Å². The van der Waals surface area contributed by atoms with Gasteiger partial charge in [-0.3, -0.25) is 5.84 Å². The van der Waals surface area contributed by atoms with Gasteiger partial charge in [-0.15, -0.1) is 0 Å². The third-order valence-corrected chi connectivity index (χ3v) is 2.64. The summed E-state index contributed by atoms with van der Waals surface area (Å²) in [4.78, 5) is 0. The first-order chi connectivity index (χ1) is 5.79.